The molecule has 7 heteroatoms. The van der Waals surface area contributed by atoms with Crippen LogP contribution in [0.2, 0.25) is 0 Å². The van der Waals surface area contributed by atoms with Crippen LogP contribution in [0.15, 0.2) is 0 Å². The van der Waals surface area contributed by atoms with Gasteiger partial charge in [0, 0.05) is 38.5 Å². The van der Waals surface area contributed by atoms with Gasteiger partial charge in [-0.1, -0.05) is 20.8 Å². The molecule has 0 aromatic heterocycles. The van der Waals surface area contributed by atoms with Crippen LogP contribution in [0, 0.1) is 5.41 Å². The fourth-order valence-electron chi connectivity index (χ4n) is 2.78. The predicted octanol–water partition coefficient (Wildman–Crippen LogP) is 2.44. The average molecular weight is 370 g/mol. The maximum absolute atomic E-state index is 12.2. The van der Waals surface area contributed by atoms with Crippen molar-refractivity contribution in [2.45, 2.75) is 78.9 Å². The van der Waals surface area contributed by atoms with Crippen molar-refractivity contribution >= 4 is 17.9 Å². The highest BCUT2D eigenvalue weighted by Gasteiger charge is 2.25. The lowest BCUT2D eigenvalue weighted by Gasteiger charge is -2.33. The van der Waals surface area contributed by atoms with Gasteiger partial charge in [-0.2, -0.15) is 0 Å². The molecule has 0 saturated carbocycles. The van der Waals surface area contributed by atoms with E-state index in [2.05, 4.69) is 10.6 Å². The van der Waals surface area contributed by atoms with Crippen molar-refractivity contribution < 1.29 is 19.1 Å². The van der Waals surface area contributed by atoms with E-state index in [-0.39, 0.29) is 36.2 Å². The molecule has 26 heavy (non-hydrogen) atoms. The highest BCUT2D eigenvalue weighted by atomic mass is 16.6. The van der Waals surface area contributed by atoms with E-state index in [4.69, 9.17) is 4.74 Å². The van der Waals surface area contributed by atoms with E-state index in [0.717, 1.165) is 12.8 Å². The molecule has 0 aliphatic carbocycles. The van der Waals surface area contributed by atoms with Gasteiger partial charge in [-0.05, 0) is 39.0 Å². The molecule has 1 aliphatic rings. The Morgan fingerprint density at radius 2 is 1.62 bits per heavy atom. The molecule has 3 amide bonds. The summed E-state index contributed by atoms with van der Waals surface area (Å²) in [5.41, 5.74) is -0.574. The minimum atomic E-state index is -0.548. The molecule has 1 saturated heterocycles. The van der Waals surface area contributed by atoms with Gasteiger partial charge in [-0.3, -0.25) is 9.59 Å². The summed E-state index contributed by atoms with van der Waals surface area (Å²) < 4.78 is 5.14. The zero-order chi connectivity index (χ0) is 20.0. The lowest BCUT2D eigenvalue weighted by atomic mass is 9.91. The summed E-state index contributed by atoms with van der Waals surface area (Å²) in [6.45, 7) is 13.0. The highest BCUT2D eigenvalue weighted by Crippen LogP contribution is 2.19. The number of nitrogens with one attached hydrogen (secondary N) is 2. The Morgan fingerprint density at radius 3 is 2.12 bits per heavy atom. The third-order valence-corrected chi connectivity index (χ3v) is 3.91. The zero-order valence-corrected chi connectivity index (χ0v) is 17.1. The van der Waals surface area contributed by atoms with Crippen LogP contribution in [0.4, 0.5) is 4.79 Å². The third-order valence-electron chi connectivity index (χ3n) is 3.91. The summed E-state index contributed by atoms with van der Waals surface area (Å²) in [7, 11) is 0. The summed E-state index contributed by atoms with van der Waals surface area (Å²) >= 11 is 0. The lowest BCUT2D eigenvalue weighted by molar-refractivity contribution is -0.132. The number of carbonyl (C=O) groups is 3. The first-order chi connectivity index (χ1) is 11.9. The van der Waals surface area contributed by atoms with Crippen molar-refractivity contribution in [1.82, 2.24) is 15.5 Å². The molecular weight excluding hydrogens is 334 g/mol. The molecule has 1 heterocycles. The quantitative estimate of drug-likeness (QED) is 0.779. The number of ether oxygens (including phenoxy) is 1. The second-order valence-electron chi connectivity index (χ2n) is 9.14. The number of hydrogen-bond acceptors (Lipinski definition) is 4. The Morgan fingerprint density at radius 1 is 1.04 bits per heavy atom. The molecule has 1 aliphatic heterocycles. The van der Waals surface area contributed by atoms with Crippen LogP contribution in [0.1, 0.15) is 67.2 Å². The Kier molecular flexibility index (Phi) is 7.90. The second-order valence-corrected chi connectivity index (χ2v) is 9.14. The molecule has 0 bridgehead atoms. The molecule has 0 radical (unpaired) electrons. The maximum atomic E-state index is 12.2. The van der Waals surface area contributed by atoms with E-state index in [9.17, 15) is 14.4 Å². The Hall–Kier alpha value is -1.79. The van der Waals surface area contributed by atoms with E-state index in [1.54, 1.807) is 25.7 Å². The number of nitrogens with zero attached hydrogens (tertiary/aromatic N) is 1. The first-order valence-electron chi connectivity index (χ1n) is 9.40. The normalized spacial score (nSPS) is 16.2. The summed E-state index contributed by atoms with van der Waals surface area (Å²) in [6.07, 6.45) is 1.77. The van der Waals surface area contributed by atoms with Crippen LogP contribution in [0.25, 0.3) is 0 Å². The molecule has 0 unspecified atom stereocenters. The number of alkyl carbamates (subject to hydrolysis) is 1. The minimum absolute atomic E-state index is 0.0144. The number of amides is 3. The van der Waals surface area contributed by atoms with E-state index < -0.39 is 11.7 Å². The average Bonchev–Trinajstić information content (AvgIpc) is 2.43. The largest absolute Gasteiger partial charge is 0.444 e. The van der Waals surface area contributed by atoms with Gasteiger partial charge in [0.1, 0.15) is 5.60 Å². The summed E-state index contributed by atoms with van der Waals surface area (Å²) in [5, 5.41) is 5.66. The monoisotopic (exact) mass is 369 g/mol. The van der Waals surface area contributed by atoms with Gasteiger partial charge in [-0.25, -0.2) is 4.79 Å². The molecule has 150 valence electrons. The van der Waals surface area contributed by atoms with E-state index in [0.29, 0.717) is 19.5 Å². The maximum Gasteiger partial charge on any atom is 0.407 e. The fraction of sp³-hybridized carbons (Fsp3) is 0.842. The first kappa shape index (κ1) is 22.3. The van der Waals surface area contributed by atoms with Crippen LogP contribution >= 0.6 is 0 Å². The Bertz CT molecular complexity index is 498. The molecule has 7 nitrogen and oxygen atoms in total. The van der Waals surface area contributed by atoms with Crippen molar-refractivity contribution in [2.24, 2.45) is 5.41 Å². The van der Waals surface area contributed by atoms with Crippen LogP contribution in [0.5, 0.6) is 0 Å². The molecule has 1 fully saturated rings. The molecule has 0 atom stereocenters. The minimum Gasteiger partial charge on any atom is -0.444 e. The molecule has 0 aromatic carbocycles. The van der Waals surface area contributed by atoms with Crippen LogP contribution in [0.3, 0.4) is 0 Å². The van der Waals surface area contributed by atoms with Crippen LogP contribution < -0.4 is 10.6 Å². The van der Waals surface area contributed by atoms with Gasteiger partial charge >= 0.3 is 6.09 Å². The van der Waals surface area contributed by atoms with Gasteiger partial charge in [0.2, 0.25) is 11.8 Å². The molecule has 0 aromatic rings. The third kappa shape index (κ3) is 9.63. The molecule has 0 spiro atoms. The van der Waals surface area contributed by atoms with E-state index >= 15 is 0 Å². The van der Waals surface area contributed by atoms with Gasteiger partial charge in [0.25, 0.3) is 0 Å². The van der Waals surface area contributed by atoms with Gasteiger partial charge in [0.15, 0.2) is 0 Å². The van der Waals surface area contributed by atoms with Crippen LogP contribution in [-0.4, -0.2) is 54.1 Å². The Labute approximate surface area is 157 Å². The summed E-state index contributed by atoms with van der Waals surface area (Å²) in [4.78, 5) is 37.6. The molecular formula is C19H35N3O4. The van der Waals surface area contributed by atoms with Crippen molar-refractivity contribution in [2.75, 3.05) is 19.6 Å². The number of carbonyl (C=O) groups excluding carboxylic acids is 3. The molecule has 1 rings (SSSR count). The number of likely N-dealkylation sites (tertiary alicyclic amines) is 1. The fourth-order valence-corrected chi connectivity index (χ4v) is 2.78. The summed E-state index contributed by atoms with van der Waals surface area (Å²) in [5.74, 6) is 0.0874. The summed E-state index contributed by atoms with van der Waals surface area (Å²) in [6, 6.07) is 0.133. The Balaban J connectivity index is 2.25. The second kappa shape index (κ2) is 9.24. The van der Waals surface area contributed by atoms with Crippen molar-refractivity contribution in [3.05, 3.63) is 0 Å². The SMILES string of the molecule is CC(C)(C)CC(=O)NC1CCN(C(=O)CCNC(=O)OC(C)(C)C)CC1. The molecule has 2 N–H and O–H groups in total. The van der Waals surface area contributed by atoms with Gasteiger partial charge in [-0.15, -0.1) is 0 Å². The van der Waals surface area contributed by atoms with E-state index in [1.807, 2.05) is 20.8 Å². The van der Waals surface area contributed by atoms with Gasteiger partial charge < -0.3 is 20.3 Å². The number of hydrogen-bond donors (Lipinski definition) is 2. The smallest absolute Gasteiger partial charge is 0.407 e. The standard InChI is InChI=1S/C19H35N3O4/c1-18(2,3)13-15(23)21-14-8-11-22(12-9-14)16(24)7-10-20-17(25)26-19(4,5)6/h14H,7-13H2,1-6H3,(H,20,25)(H,21,23). The van der Waals surface area contributed by atoms with E-state index in [1.165, 1.54) is 0 Å². The van der Waals surface area contributed by atoms with Crippen molar-refractivity contribution in [3.63, 3.8) is 0 Å². The number of piperidine rings is 1. The van der Waals surface area contributed by atoms with Crippen LogP contribution in [-0.2, 0) is 14.3 Å². The highest BCUT2D eigenvalue weighted by molar-refractivity contribution is 5.78. The topological polar surface area (TPSA) is 87.7 Å². The van der Waals surface area contributed by atoms with Crippen molar-refractivity contribution in [3.8, 4) is 0 Å². The first-order valence-corrected chi connectivity index (χ1v) is 9.40. The zero-order valence-electron chi connectivity index (χ0n) is 17.1. The van der Waals surface area contributed by atoms with Crippen molar-refractivity contribution in [1.29, 1.82) is 0 Å². The number of rotatable bonds is 5. The van der Waals surface area contributed by atoms with Gasteiger partial charge in [0.05, 0.1) is 0 Å². The predicted molar refractivity (Wildman–Crippen MR) is 101 cm³/mol. The lowest BCUT2D eigenvalue weighted by Crippen LogP contribution is -2.47.